The van der Waals surface area contributed by atoms with E-state index in [9.17, 15) is 19.7 Å². The summed E-state index contributed by atoms with van der Waals surface area (Å²) in [7, 11) is -4.64. The van der Waals surface area contributed by atoms with Crippen molar-refractivity contribution in [3.8, 4) is 0 Å². The molecule has 0 spiro atoms. The summed E-state index contributed by atoms with van der Waals surface area (Å²) in [5.41, 5.74) is 0. The highest BCUT2D eigenvalue weighted by molar-refractivity contribution is 7.52. The highest BCUT2D eigenvalue weighted by atomic mass is 31.2. The molecule has 0 aliphatic rings. The third-order valence-electron chi connectivity index (χ3n) is 2.48. The van der Waals surface area contributed by atoms with Crippen molar-refractivity contribution in [3.63, 3.8) is 0 Å². The van der Waals surface area contributed by atoms with Crippen LogP contribution in [0.5, 0.6) is 0 Å². The highest BCUT2D eigenvalue weighted by Crippen LogP contribution is 2.38. The summed E-state index contributed by atoms with van der Waals surface area (Å²) in [5, 5.41) is 30.6. The maximum atomic E-state index is 11.6. The Balaban J connectivity index is 4.41. The van der Waals surface area contributed by atoms with Crippen molar-refractivity contribution in [2.75, 3.05) is 13.1 Å². The third-order valence-corrected chi connectivity index (χ3v) is 3.44. The van der Waals surface area contributed by atoms with Crippen LogP contribution >= 0.6 is 7.60 Å². The van der Waals surface area contributed by atoms with E-state index < -0.39 is 38.5 Å². The van der Waals surface area contributed by atoms with Gasteiger partial charge in [-0.05, 0) is 5.92 Å². The van der Waals surface area contributed by atoms with Crippen LogP contribution < -0.4 is 5.32 Å². The second kappa shape index (κ2) is 7.72. The molecular weight excluding hydrogens is 291 g/mol. The first-order chi connectivity index (χ1) is 8.98. The molecule has 0 fully saturated rings. The Morgan fingerprint density at radius 1 is 1.40 bits per heavy atom. The van der Waals surface area contributed by atoms with Crippen LogP contribution in [0, 0.1) is 5.92 Å². The Kier molecular flexibility index (Phi) is 7.35. The SMILES string of the molecule is C=C(O)C(C(C)C)N(O)C(=O)CNCC(O)P(=O)(O)O. The van der Waals surface area contributed by atoms with E-state index in [1.165, 1.54) is 0 Å². The number of rotatable bonds is 8. The molecule has 0 aliphatic carbocycles. The van der Waals surface area contributed by atoms with Gasteiger partial charge in [0.1, 0.15) is 11.8 Å². The van der Waals surface area contributed by atoms with Crippen molar-refractivity contribution in [1.29, 1.82) is 0 Å². The second-order valence-corrected chi connectivity index (χ2v) is 6.39. The molecule has 2 unspecified atom stereocenters. The Bertz CT molecular complexity index is 395. The van der Waals surface area contributed by atoms with Gasteiger partial charge in [-0.3, -0.25) is 14.6 Å². The van der Waals surface area contributed by atoms with Crippen molar-refractivity contribution in [2.45, 2.75) is 25.7 Å². The molecule has 0 aliphatic heterocycles. The van der Waals surface area contributed by atoms with Gasteiger partial charge in [0.25, 0.3) is 5.91 Å². The summed E-state index contributed by atoms with van der Waals surface area (Å²) >= 11 is 0. The standard InChI is InChI=1S/C10H21N2O7P/c1-6(2)10(7(3)13)12(16)8(14)4-11-5-9(15)20(17,18)19/h6,9-11,13,15-16H,3-5H2,1-2H3,(H2,17,18,19). The Hall–Kier alpha value is -0.960. The van der Waals surface area contributed by atoms with E-state index in [0.29, 0.717) is 5.06 Å². The first kappa shape index (κ1) is 19.0. The van der Waals surface area contributed by atoms with Crippen LogP contribution in [0.2, 0.25) is 0 Å². The number of hydroxylamine groups is 2. The molecule has 0 aromatic rings. The fourth-order valence-corrected chi connectivity index (χ4v) is 1.84. The monoisotopic (exact) mass is 312 g/mol. The van der Waals surface area contributed by atoms with Crippen LogP contribution in [0.3, 0.4) is 0 Å². The number of carbonyl (C=O) groups excluding carboxylic acids is 1. The normalized spacial score (nSPS) is 14.9. The molecule has 0 heterocycles. The van der Waals surface area contributed by atoms with Gasteiger partial charge in [0, 0.05) is 6.54 Å². The summed E-state index contributed by atoms with van der Waals surface area (Å²) in [6.07, 6.45) is 0. The molecule has 20 heavy (non-hydrogen) atoms. The zero-order valence-corrected chi connectivity index (χ0v) is 12.2. The molecule has 0 aromatic heterocycles. The lowest BCUT2D eigenvalue weighted by molar-refractivity contribution is -0.177. The van der Waals surface area contributed by atoms with Gasteiger partial charge in [0.15, 0.2) is 5.85 Å². The average Bonchev–Trinajstić information content (AvgIpc) is 2.26. The molecule has 0 aromatic carbocycles. The summed E-state index contributed by atoms with van der Waals surface area (Å²) < 4.78 is 10.6. The van der Waals surface area contributed by atoms with Crippen LogP contribution in [0.1, 0.15) is 13.8 Å². The molecule has 0 rings (SSSR count). The zero-order chi connectivity index (χ0) is 16.1. The Morgan fingerprint density at radius 3 is 2.25 bits per heavy atom. The summed E-state index contributed by atoms with van der Waals surface area (Å²) in [5.74, 6) is -3.44. The van der Waals surface area contributed by atoms with Gasteiger partial charge in [0.2, 0.25) is 0 Å². The fourth-order valence-electron chi connectivity index (χ4n) is 1.47. The van der Waals surface area contributed by atoms with Crippen molar-refractivity contribution >= 4 is 13.5 Å². The zero-order valence-electron chi connectivity index (χ0n) is 11.3. The third kappa shape index (κ3) is 6.00. The Morgan fingerprint density at radius 2 is 1.90 bits per heavy atom. The molecule has 0 saturated heterocycles. The minimum atomic E-state index is -4.64. The van der Waals surface area contributed by atoms with Gasteiger partial charge in [0.05, 0.1) is 6.54 Å². The molecule has 0 radical (unpaired) electrons. The van der Waals surface area contributed by atoms with Crippen LogP contribution in [0.4, 0.5) is 0 Å². The van der Waals surface area contributed by atoms with E-state index in [0.717, 1.165) is 0 Å². The van der Waals surface area contributed by atoms with E-state index in [2.05, 4.69) is 11.9 Å². The fraction of sp³-hybridized carbons (Fsp3) is 0.700. The number of amides is 1. The number of aliphatic hydroxyl groups excluding tert-OH is 2. The number of carbonyl (C=O) groups is 1. The summed E-state index contributed by atoms with van der Waals surface area (Å²) in [6, 6.07) is -0.990. The topological polar surface area (TPSA) is 151 Å². The molecular formula is C10H21N2O7P. The first-order valence-corrected chi connectivity index (χ1v) is 7.49. The van der Waals surface area contributed by atoms with E-state index in [1.807, 2.05) is 0 Å². The quantitative estimate of drug-likeness (QED) is 0.150. The van der Waals surface area contributed by atoms with Crippen LogP contribution in [-0.4, -0.2) is 61.2 Å². The minimum absolute atomic E-state index is 0.290. The van der Waals surface area contributed by atoms with Crippen LogP contribution in [-0.2, 0) is 9.36 Å². The van der Waals surface area contributed by atoms with E-state index in [1.54, 1.807) is 13.8 Å². The number of hydrogen-bond acceptors (Lipinski definition) is 6. The van der Waals surface area contributed by atoms with Crippen molar-refractivity contribution in [2.24, 2.45) is 5.92 Å². The molecule has 9 nitrogen and oxygen atoms in total. The maximum Gasteiger partial charge on any atom is 0.355 e. The van der Waals surface area contributed by atoms with Crippen LogP contribution in [0.15, 0.2) is 12.3 Å². The van der Waals surface area contributed by atoms with Gasteiger partial charge in [-0.25, -0.2) is 5.06 Å². The highest BCUT2D eigenvalue weighted by Gasteiger charge is 2.29. The molecule has 0 bridgehead atoms. The average molecular weight is 312 g/mol. The molecule has 2 atom stereocenters. The van der Waals surface area contributed by atoms with E-state index >= 15 is 0 Å². The lowest BCUT2D eigenvalue weighted by atomic mass is 10.0. The van der Waals surface area contributed by atoms with Gasteiger partial charge >= 0.3 is 7.60 Å². The number of hydrogen-bond donors (Lipinski definition) is 6. The van der Waals surface area contributed by atoms with Crippen molar-refractivity contribution in [3.05, 3.63) is 12.3 Å². The lowest BCUT2D eigenvalue weighted by Gasteiger charge is -2.28. The van der Waals surface area contributed by atoms with Gasteiger partial charge in [-0.15, -0.1) is 0 Å². The number of nitrogens with one attached hydrogen (secondary N) is 1. The largest absolute Gasteiger partial charge is 0.511 e. The minimum Gasteiger partial charge on any atom is -0.511 e. The molecule has 0 saturated carbocycles. The van der Waals surface area contributed by atoms with Crippen LogP contribution in [0.25, 0.3) is 0 Å². The van der Waals surface area contributed by atoms with Gasteiger partial charge in [-0.1, -0.05) is 20.4 Å². The van der Waals surface area contributed by atoms with E-state index in [-0.39, 0.29) is 11.7 Å². The lowest BCUT2D eigenvalue weighted by Crippen LogP contribution is -2.46. The molecule has 118 valence electrons. The summed E-state index contributed by atoms with van der Waals surface area (Å²) in [4.78, 5) is 28.9. The first-order valence-electron chi connectivity index (χ1n) is 5.81. The molecule has 6 N–H and O–H groups in total. The molecule has 10 heteroatoms. The number of nitrogens with zero attached hydrogens (tertiary/aromatic N) is 1. The van der Waals surface area contributed by atoms with Gasteiger partial charge < -0.3 is 25.3 Å². The maximum absolute atomic E-state index is 11.6. The predicted octanol–water partition coefficient (Wildman–Crippen LogP) is -0.614. The smallest absolute Gasteiger partial charge is 0.355 e. The predicted molar refractivity (Wildman–Crippen MR) is 69.9 cm³/mol. The molecule has 1 amide bonds. The van der Waals surface area contributed by atoms with Gasteiger partial charge in [-0.2, -0.15) is 0 Å². The summed E-state index contributed by atoms with van der Waals surface area (Å²) in [6.45, 7) is 5.59. The second-order valence-electron chi connectivity index (χ2n) is 4.62. The van der Waals surface area contributed by atoms with E-state index in [4.69, 9.17) is 14.9 Å². The van der Waals surface area contributed by atoms with Crippen molar-refractivity contribution < 1.29 is 34.6 Å². The number of aliphatic hydroxyl groups is 2. The van der Waals surface area contributed by atoms with Crippen molar-refractivity contribution in [1.82, 2.24) is 10.4 Å². The Labute approximate surface area is 116 Å².